The molecule has 3 nitrogen and oxygen atoms in total. The number of aromatic nitrogens is 1. The quantitative estimate of drug-likeness (QED) is 0.171. The third kappa shape index (κ3) is 4.34. The molecule has 0 fully saturated rings. The van der Waals surface area contributed by atoms with Crippen LogP contribution in [0.3, 0.4) is 0 Å². The number of fused-ring (bicyclic) bond motifs is 7. The minimum atomic E-state index is -2.00. The maximum Gasteiger partial charge on any atom is 0.434 e. The molecular weight excluding hydrogens is 633 g/mol. The van der Waals surface area contributed by atoms with Crippen molar-refractivity contribution >= 4 is 39.6 Å². The highest BCUT2D eigenvalue weighted by Gasteiger charge is 2.41. The number of ether oxygens (including phenoxy) is 1. The predicted octanol–water partition coefficient (Wildman–Crippen LogP) is 11.1. The first kappa shape index (κ1) is 12.2. The van der Waals surface area contributed by atoms with Crippen LogP contribution in [0.4, 0.5) is 0 Å². The molecule has 0 radical (unpaired) electrons. The van der Waals surface area contributed by atoms with E-state index in [1.54, 1.807) is 0 Å². The molecule has 2 aliphatic heterocycles. The summed E-state index contributed by atoms with van der Waals surface area (Å²) in [6.07, 6.45) is 0. The van der Waals surface area contributed by atoms with Crippen LogP contribution in [0.15, 0.2) is 181 Å². The summed E-state index contributed by atoms with van der Waals surface area (Å²) in [7, 11) is 0. The van der Waals surface area contributed by atoms with Gasteiger partial charge < -0.3 is 14.0 Å². The summed E-state index contributed by atoms with van der Waals surface area (Å²) in [6, 6.07) is -28.7. The van der Waals surface area contributed by atoms with Crippen molar-refractivity contribution in [2.45, 2.75) is 0 Å². The number of rotatable bonds is 4. The first-order chi connectivity index (χ1) is 38.3. The van der Waals surface area contributed by atoms with Crippen LogP contribution in [0.25, 0.3) is 72.0 Å². The zero-order valence-electron chi connectivity index (χ0n) is 55.8. The topological polar surface area (TPSA) is 23.4 Å². The lowest BCUT2D eigenvalue weighted by molar-refractivity contribution is 0.480. The molecule has 0 spiro atoms. The van der Waals surface area contributed by atoms with E-state index in [0.717, 1.165) is 4.57 Å². The fourth-order valence-electron chi connectivity index (χ4n) is 6.37. The van der Waals surface area contributed by atoms with Crippen molar-refractivity contribution in [3.8, 4) is 67.4 Å². The molecule has 0 bridgehead atoms. The normalized spacial score (nSPS) is 20.6. The van der Waals surface area contributed by atoms with Crippen molar-refractivity contribution in [1.82, 2.24) is 4.57 Å². The smallest absolute Gasteiger partial charge is 0.434 e. The maximum atomic E-state index is 9.97. The molecule has 8 aromatic carbocycles. The Balaban J connectivity index is 1.31. The van der Waals surface area contributed by atoms with Gasteiger partial charge >= 0.3 is 6.92 Å². The zero-order valence-corrected chi connectivity index (χ0v) is 25.8. The van der Waals surface area contributed by atoms with Gasteiger partial charge in [0, 0.05) is 32.8 Å². The van der Waals surface area contributed by atoms with Crippen molar-refractivity contribution in [2.24, 2.45) is 0 Å². The van der Waals surface area contributed by atoms with Crippen LogP contribution >= 0.6 is 0 Å². The molecule has 9 aromatic rings. The fraction of sp³-hybridized carbons (Fsp3) is 0. The van der Waals surface area contributed by atoms with Gasteiger partial charge in [-0.05, 0) is 75.7 Å². The standard InChI is InChI=1S/C48H30BNO2/c1-2-14-31(15-3-1)34-16-4-5-17-35(34)33-28-40-39-21-9-13-25-45(39)52-49-41-27-26-32(29-46(41)51-47(30-33)48(40)49)36-18-6-10-22-42(36)50-43-23-11-7-19-37(43)38-20-8-12-24-44(38)50/h1-30H/i1D,2D,3D,4D,5D,6D,7D,8D,9D,10D,11D,12D,13D,14D,15D,16D,17D,18D,19D,20D,21D,22D,23D,24D,25D,26D,27D,28D,29D,30D. The van der Waals surface area contributed by atoms with Gasteiger partial charge in [-0.1, -0.05) is 139 Å². The number of hydrogen-bond donors (Lipinski definition) is 0. The molecule has 4 heteroatoms. The van der Waals surface area contributed by atoms with Crippen LogP contribution in [0.1, 0.15) is 41.1 Å². The van der Waals surface area contributed by atoms with Gasteiger partial charge in [0.1, 0.15) is 17.2 Å². The van der Waals surface area contributed by atoms with Gasteiger partial charge in [-0.25, -0.2) is 0 Å². The number of benzene rings is 8. The minimum absolute atomic E-state index is 0.468. The monoisotopic (exact) mass is 693 g/mol. The summed E-state index contributed by atoms with van der Waals surface area (Å²) in [5.74, 6) is -2.40. The summed E-state index contributed by atoms with van der Waals surface area (Å²) in [6.45, 7) is -2.00. The number of nitrogens with zero attached hydrogens (tertiary/aromatic N) is 1. The zero-order chi connectivity index (χ0) is 60.3. The highest BCUT2D eigenvalue weighted by molar-refractivity contribution is 6.84. The SMILES string of the molecule is [2H]c1c([2H])c([2H])c(-c2c([2H])c([2H])c([2H])c([2H])c2-c2c([2H])c3c4c(c2[2H])-c2c([2H])c([2H])c([2H])c([2H])c2OB4c2c([2H])c([2H])c(-c4c([2H])c([2H])c([2H])c([2H])c4-n4c5c([2H])c([2H])c([2H])c([2H])c5c5c([2H])c([2H])c([2H])c([2H])c54)c([2H])c2O3)c([2H])c1[2H]. The molecule has 0 saturated carbocycles. The molecule has 0 amide bonds. The molecule has 0 atom stereocenters. The van der Waals surface area contributed by atoms with Gasteiger partial charge in [-0.2, -0.15) is 0 Å². The Hall–Kier alpha value is -6.78. The molecule has 242 valence electrons. The summed E-state index contributed by atoms with van der Waals surface area (Å²) < 4.78 is 284. The first-order valence-corrected chi connectivity index (χ1v) is 15.3. The Morgan fingerprint density at radius 2 is 1.02 bits per heavy atom. The van der Waals surface area contributed by atoms with E-state index in [1.807, 2.05) is 0 Å². The molecule has 0 saturated heterocycles. The van der Waals surface area contributed by atoms with E-state index in [4.69, 9.17) is 39.5 Å². The number of para-hydroxylation sites is 4. The summed E-state index contributed by atoms with van der Waals surface area (Å²) in [4.78, 5) is 0. The van der Waals surface area contributed by atoms with E-state index in [2.05, 4.69) is 0 Å². The second kappa shape index (κ2) is 11.4. The average Bonchev–Trinajstić information content (AvgIpc) is 3.05. The van der Waals surface area contributed by atoms with E-state index >= 15 is 0 Å². The van der Waals surface area contributed by atoms with Crippen molar-refractivity contribution in [3.05, 3.63) is 181 Å². The minimum Gasteiger partial charge on any atom is -0.551 e. The van der Waals surface area contributed by atoms with Crippen LogP contribution in [-0.2, 0) is 0 Å². The molecule has 3 heterocycles. The Labute approximate surface area is 344 Å². The molecule has 1 aromatic heterocycles. The molecule has 0 unspecified atom stereocenters. The van der Waals surface area contributed by atoms with Gasteiger partial charge in [0.2, 0.25) is 0 Å². The lowest BCUT2D eigenvalue weighted by Crippen LogP contribution is -2.53. The summed E-state index contributed by atoms with van der Waals surface area (Å²) >= 11 is 0. The van der Waals surface area contributed by atoms with Gasteiger partial charge in [0.25, 0.3) is 0 Å². The highest BCUT2D eigenvalue weighted by Crippen LogP contribution is 2.44. The third-order valence-corrected chi connectivity index (χ3v) is 8.54. The molecule has 52 heavy (non-hydrogen) atoms. The largest absolute Gasteiger partial charge is 0.551 e. The van der Waals surface area contributed by atoms with Crippen molar-refractivity contribution in [2.75, 3.05) is 0 Å². The van der Waals surface area contributed by atoms with Gasteiger partial charge in [0.15, 0.2) is 0 Å². The Kier molecular flexibility index (Phi) is 2.66. The first-order valence-electron chi connectivity index (χ1n) is 30.3. The Morgan fingerprint density at radius 3 is 1.79 bits per heavy atom. The van der Waals surface area contributed by atoms with Crippen LogP contribution < -0.4 is 20.3 Å². The lowest BCUT2D eigenvalue weighted by Gasteiger charge is -2.33. The molecule has 0 aliphatic carbocycles. The van der Waals surface area contributed by atoms with Crippen LogP contribution in [0, 0.1) is 0 Å². The second-order valence-electron chi connectivity index (χ2n) is 11.3. The lowest BCUT2D eigenvalue weighted by atomic mass is 9.50. The van der Waals surface area contributed by atoms with E-state index < -0.39 is 288 Å². The second-order valence-corrected chi connectivity index (χ2v) is 11.3. The van der Waals surface area contributed by atoms with Crippen LogP contribution in [0.2, 0.25) is 0 Å². The average molecular weight is 694 g/mol. The highest BCUT2D eigenvalue weighted by atomic mass is 16.5. The van der Waals surface area contributed by atoms with E-state index in [9.17, 15) is 11.0 Å². The van der Waals surface area contributed by atoms with Crippen molar-refractivity contribution < 1.29 is 50.5 Å². The predicted molar refractivity (Wildman–Crippen MR) is 215 cm³/mol. The van der Waals surface area contributed by atoms with Crippen molar-refractivity contribution in [1.29, 1.82) is 0 Å². The third-order valence-electron chi connectivity index (χ3n) is 8.54. The maximum absolute atomic E-state index is 9.97. The van der Waals surface area contributed by atoms with E-state index in [-0.39, 0.29) is 0 Å². The van der Waals surface area contributed by atoms with Crippen LogP contribution in [0.5, 0.6) is 17.2 Å². The van der Waals surface area contributed by atoms with Crippen molar-refractivity contribution in [3.63, 3.8) is 0 Å². The Morgan fingerprint density at radius 1 is 0.423 bits per heavy atom. The molecule has 0 N–H and O–H groups in total. The van der Waals surface area contributed by atoms with Gasteiger partial charge in [-0.15, -0.1) is 0 Å². The van der Waals surface area contributed by atoms with E-state index in [0.29, 0.717) is 0 Å². The molecular formula is C48H30BNO2. The molecule has 11 rings (SSSR count). The van der Waals surface area contributed by atoms with Gasteiger partial charge in [-0.3, -0.25) is 0 Å². The summed E-state index contributed by atoms with van der Waals surface area (Å²) in [5, 5.41) is -1.05. The van der Waals surface area contributed by atoms with Gasteiger partial charge in [0.05, 0.1) is 57.8 Å². The fourth-order valence-corrected chi connectivity index (χ4v) is 6.37. The molecule has 2 aliphatic rings. The Bertz CT molecular complexity index is 4490. The van der Waals surface area contributed by atoms with E-state index in [1.165, 1.54) is 0 Å². The summed E-state index contributed by atoms with van der Waals surface area (Å²) in [5.41, 5.74) is -9.53. The van der Waals surface area contributed by atoms with Crippen LogP contribution in [-0.4, -0.2) is 11.5 Å². The number of hydrogen-bond acceptors (Lipinski definition) is 2.